The van der Waals surface area contributed by atoms with E-state index in [2.05, 4.69) is 0 Å². The van der Waals surface area contributed by atoms with E-state index in [0.717, 1.165) is 0 Å². The average Bonchev–Trinajstić information content (AvgIpc) is 2.15. The highest BCUT2D eigenvalue weighted by Crippen LogP contribution is 2.37. The van der Waals surface area contributed by atoms with Crippen molar-refractivity contribution in [3.05, 3.63) is 0 Å². The summed E-state index contributed by atoms with van der Waals surface area (Å²) in [7, 11) is 2.44. The van der Waals surface area contributed by atoms with Gasteiger partial charge in [-0.2, -0.15) is 0 Å². The first kappa shape index (κ1) is 15.6. The van der Waals surface area contributed by atoms with Crippen LogP contribution in [0.2, 0.25) is 0 Å². The van der Waals surface area contributed by atoms with Crippen LogP contribution in [-0.4, -0.2) is 44.7 Å². The third-order valence-electron chi connectivity index (χ3n) is 1.85. The second-order valence-electron chi connectivity index (χ2n) is 3.73. The Morgan fingerprint density at radius 1 is 1.25 bits per heavy atom. The van der Waals surface area contributed by atoms with Crippen molar-refractivity contribution < 1.29 is 19.8 Å². The van der Waals surface area contributed by atoms with E-state index in [0.29, 0.717) is 0 Å². The lowest BCUT2D eigenvalue weighted by Crippen LogP contribution is -2.46. The number of aliphatic carboxylic acids is 2. The van der Waals surface area contributed by atoms with Crippen LogP contribution in [0.1, 0.15) is 13.8 Å². The maximum Gasteiger partial charge on any atom is 0.321 e. The zero-order chi connectivity index (χ0) is 12.9. The maximum absolute atomic E-state index is 10.7. The molecule has 0 aliphatic heterocycles. The van der Waals surface area contributed by atoms with Gasteiger partial charge >= 0.3 is 11.9 Å². The van der Waals surface area contributed by atoms with E-state index in [9.17, 15) is 9.59 Å². The molecular formula is C8H16N2O4S2. The molecule has 6 N–H and O–H groups in total. The Morgan fingerprint density at radius 3 is 2.12 bits per heavy atom. The van der Waals surface area contributed by atoms with E-state index in [-0.39, 0.29) is 5.75 Å². The molecule has 16 heavy (non-hydrogen) atoms. The first-order valence-electron chi connectivity index (χ1n) is 4.46. The largest absolute Gasteiger partial charge is 0.480 e. The monoisotopic (exact) mass is 268 g/mol. The second kappa shape index (κ2) is 6.33. The molecule has 0 bridgehead atoms. The minimum absolute atomic E-state index is 0.204. The fraction of sp³-hybridized carbons (Fsp3) is 0.750. The Hall–Kier alpha value is -0.440. The van der Waals surface area contributed by atoms with E-state index < -0.39 is 28.8 Å². The van der Waals surface area contributed by atoms with Crippen LogP contribution in [0.25, 0.3) is 0 Å². The first-order valence-corrected chi connectivity index (χ1v) is 6.77. The van der Waals surface area contributed by atoms with Gasteiger partial charge in [0.2, 0.25) is 0 Å². The molecule has 0 rings (SSSR count). The Kier molecular flexibility index (Phi) is 6.16. The fourth-order valence-electron chi connectivity index (χ4n) is 0.680. The quantitative estimate of drug-likeness (QED) is 0.474. The predicted octanol–water partition coefficient (Wildman–Crippen LogP) is -0.0298. The summed E-state index contributed by atoms with van der Waals surface area (Å²) in [5.41, 5.74) is 10.8. The SMILES string of the molecule is CC(C)(SSC[C@H](N)C(=O)O)[C@H](N)C(=O)O. The third-order valence-corrected chi connectivity index (χ3v) is 5.20. The fourth-order valence-corrected chi connectivity index (χ4v) is 3.41. The molecule has 0 aliphatic rings. The van der Waals surface area contributed by atoms with Crippen molar-refractivity contribution >= 4 is 33.5 Å². The van der Waals surface area contributed by atoms with Crippen molar-refractivity contribution in [3.8, 4) is 0 Å². The second-order valence-corrected chi connectivity index (χ2v) is 6.73. The molecule has 0 aliphatic carbocycles. The number of rotatable bonds is 7. The first-order chi connectivity index (χ1) is 7.18. The molecule has 0 aromatic rings. The van der Waals surface area contributed by atoms with Gasteiger partial charge in [-0.05, 0) is 13.8 Å². The minimum atomic E-state index is -1.08. The molecule has 94 valence electrons. The number of carboxylic acids is 2. The lowest BCUT2D eigenvalue weighted by molar-refractivity contribution is -0.139. The molecule has 8 heteroatoms. The number of hydrogen-bond acceptors (Lipinski definition) is 6. The lowest BCUT2D eigenvalue weighted by atomic mass is 10.1. The Bertz CT molecular complexity index is 273. The third kappa shape index (κ3) is 5.06. The van der Waals surface area contributed by atoms with Crippen molar-refractivity contribution in [2.75, 3.05) is 5.75 Å². The van der Waals surface area contributed by atoms with Gasteiger partial charge in [0.05, 0.1) is 0 Å². The molecule has 0 saturated heterocycles. The van der Waals surface area contributed by atoms with Gasteiger partial charge in [-0.3, -0.25) is 9.59 Å². The van der Waals surface area contributed by atoms with Gasteiger partial charge in [0, 0.05) is 10.5 Å². The smallest absolute Gasteiger partial charge is 0.321 e. The normalized spacial score (nSPS) is 15.5. The molecule has 0 unspecified atom stereocenters. The molecule has 0 aromatic heterocycles. The van der Waals surface area contributed by atoms with Crippen molar-refractivity contribution in [3.63, 3.8) is 0 Å². The zero-order valence-electron chi connectivity index (χ0n) is 9.04. The van der Waals surface area contributed by atoms with E-state index in [1.807, 2.05) is 0 Å². The van der Waals surface area contributed by atoms with E-state index in [4.69, 9.17) is 21.7 Å². The van der Waals surface area contributed by atoms with Gasteiger partial charge < -0.3 is 21.7 Å². The van der Waals surface area contributed by atoms with Crippen LogP contribution in [0, 0.1) is 0 Å². The van der Waals surface area contributed by atoms with Crippen LogP contribution >= 0.6 is 21.6 Å². The van der Waals surface area contributed by atoms with Crippen LogP contribution in [0.3, 0.4) is 0 Å². The summed E-state index contributed by atoms with van der Waals surface area (Å²) < 4.78 is -0.686. The molecule has 0 saturated carbocycles. The summed E-state index contributed by atoms with van der Waals surface area (Å²) >= 11 is 0. The summed E-state index contributed by atoms with van der Waals surface area (Å²) in [5.74, 6) is -1.95. The molecule has 0 aromatic carbocycles. The van der Waals surface area contributed by atoms with E-state index in [1.54, 1.807) is 13.8 Å². The van der Waals surface area contributed by atoms with Gasteiger partial charge in [0.25, 0.3) is 0 Å². The van der Waals surface area contributed by atoms with Crippen LogP contribution in [-0.2, 0) is 9.59 Å². The van der Waals surface area contributed by atoms with Crippen LogP contribution in [0.5, 0.6) is 0 Å². The van der Waals surface area contributed by atoms with Crippen molar-refractivity contribution in [2.24, 2.45) is 11.5 Å². The average molecular weight is 268 g/mol. The molecule has 0 heterocycles. The molecular weight excluding hydrogens is 252 g/mol. The van der Waals surface area contributed by atoms with Gasteiger partial charge in [-0.1, -0.05) is 21.6 Å². The van der Waals surface area contributed by atoms with Gasteiger partial charge in [0.1, 0.15) is 12.1 Å². The number of nitrogens with two attached hydrogens (primary N) is 2. The maximum atomic E-state index is 10.7. The standard InChI is InChI=1S/C8H16N2O4S2/c1-8(2,5(10)7(13)14)16-15-3-4(9)6(11)12/h4-5H,3,9-10H2,1-2H3,(H,11,12)(H,13,14)/t4-,5+/m0/s1. The highest BCUT2D eigenvalue weighted by Gasteiger charge is 2.33. The highest BCUT2D eigenvalue weighted by atomic mass is 33.1. The predicted molar refractivity (Wildman–Crippen MR) is 65.4 cm³/mol. The molecule has 0 radical (unpaired) electrons. The molecule has 0 fully saturated rings. The number of hydrogen-bond donors (Lipinski definition) is 4. The topological polar surface area (TPSA) is 127 Å². The summed E-state index contributed by atoms with van der Waals surface area (Å²) in [6.07, 6.45) is 0. The van der Waals surface area contributed by atoms with Crippen LogP contribution in [0.4, 0.5) is 0 Å². The minimum Gasteiger partial charge on any atom is -0.480 e. The van der Waals surface area contributed by atoms with Crippen molar-refractivity contribution in [1.29, 1.82) is 0 Å². The van der Waals surface area contributed by atoms with E-state index >= 15 is 0 Å². The van der Waals surface area contributed by atoms with Crippen LogP contribution < -0.4 is 11.5 Å². The molecule has 0 spiro atoms. The summed E-state index contributed by atoms with van der Waals surface area (Å²) in [5, 5.41) is 17.3. The van der Waals surface area contributed by atoms with E-state index in [1.165, 1.54) is 21.6 Å². The Balaban J connectivity index is 4.09. The van der Waals surface area contributed by atoms with Gasteiger partial charge in [-0.15, -0.1) is 0 Å². The lowest BCUT2D eigenvalue weighted by Gasteiger charge is -2.27. The molecule has 2 atom stereocenters. The van der Waals surface area contributed by atoms with Gasteiger partial charge in [-0.25, -0.2) is 0 Å². The van der Waals surface area contributed by atoms with Crippen molar-refractivity contribution in [2.45, 2.75) is 30.7 Å². The van der Waals surface area contributed by atoms with Crippen LogP contribution in [0.15, 0.2) is 0 Å². The summed E-state index contributed by atoms with van der Waals surface area (Å²) in [6.45, 7) is 3.38. The Labute approximate surface area is 102 Å². The number of carboxylic acid groups (broad SMARTS) is 2. The zero-order valence-corrected chi connectivity index (χ0v) is 10.7. The van der Waals surface area contributed by atoms with Crippen molar-refractivity contribution in [1.82, 2.24) is 0 Å². The number of carbonyl (C=O) groups is 2. The summed E-state index contributed by atoms with van der Waals surface area (Å²) in [4.78, 5) is 21.1. The molecule has 6 nitrogen and oxygen atoms in total. The van der Waals surface area contributed by atoms with Gasteiger partial charge in [0.15, 0.2) is 0 Å². The molecule has 0 amide bonds. The summed E-state index contributed by atoms with van der Waals surface area (Å²) in [6, 6.07) is -1.96. The highest BCUT2D eigenvalue weighted by molar-refractivity contribution is 8.77. The Morgan fingerprint density at radius 2 is 1.75 bits per heavy atom.